The van der Waals surface area contributed by atoms with Crippen molar-refractivity contribution in [1.29, 1.82) is 0 Å². The van der Waals surface area contributed by atoms with Gasteiger partial charge in [-0.3, -0.25) is 14.4 Å². The van der Waals surface area contributed by atoms with Crippen molar-refractivity contribution in [3.8, 4) is 16.8 Å². The second kappa shape index (κ2) is 3.17. The molecule has 0 saturated carbocycles. The predicted molar refractivity (Wildman–Crippen MR) is 72.5 cm³/mol. The van der Waals surface area contributed by atoms with Gasteiger partial charge in [0.2, 0.25) is 0 Å². The van der Waals surface area contributed by atoms with Crippen LogP contribution in [0.2, 0.25) is 0 Å². The van der Waals surface area contributed by atoms with Crippen molar-refractivity contribution >= 4 is 12.2 Å². The van der Waals surface area contributed by atoms with E-state index in [2.05, 4.69) is 0 Å². The van der Waals surface area contributed by atoms with Gasteiger partial charge in [-0.25, -0.2) is 4.57 Å². The maximum Gasteiger partial charge on any atom is 0.266 e. The summed E-state index contributed by atoms with van der Waals surface area (Å²) in [6, 6.07) is 8.73. The fraction of sp³-hybridized carbons (Fsp3) is 0. The molecule has 19 heavy (non-hydrogen) atoms. The lowest BCUT2D eigenvalue weighted by molar-refractivity contribution is 0.986. The maximum atomic E-state index is 12.4. The standard InChI is InChI=1S/C15H7NO3/c17-13-9-6-7-10(13)12-11(9)14(18)16(15(12)19)8-4-2-1-3-5-8/h1-7H. The van der Waals surface area contributed by atoms with Gasteiger partial charge in [0.15, 0.2) is 5.43 Å². The smallest absolute Gasteiger partial charge is 0.266 e. The van der Waals surface area contributed by atoms with Crippen molar-refractivity contribution in [2.45, 2.75) is 0 Å². The molecular formula is C15H7NO3. The van der Waals surface area contributed by atoms with Crippen LogP contribution in [0, 0.1) is 0 Å². The molecule has 1 aromatic rings. The summed E-state index contributed by atoms with van der Waals surface area (Å²) < 4.78 is 1.13. The highest BCUT2D eigenvalue weighted by Crippen LogP contribution is 2.30. The molecule has 1 aliphatic heterocycles. The Morgan fingerprint density at radius 1 is 0.737 bits per heavy atom. The van der Waals surface area contributed by atoms with Crippen LogP contribution in [0.3, 0.4) is 0 Å². The Hall–Kier alpha value is -2.75. The van der Waals surface area contributed by atoms with E-state index >= 15 is 0 Å². The lowest BCUT2D eigenvalue weighted by Gasteiger charge is -1.98. The van der Waals surface area contributed by atoms with Gasteiger partial charge in [-0.15, -0.1) is 0 Å². The van der Waals surface area contributed by atoms with Crippen LogP contribution in [-0.2, 0) is 0 Å². The first-order chi connectivity index (χ1) is 9.20. The molecule has 2 bridgehead atoms. The fourth-order valence-corrected chi connectivity index (χ4v) is 2.70. The molecule has 4 nitrogen and oxygen atoms in total. The van der Waals surface area contributed by atoms with E-state index in [4.69, 9.17) is 0 Å². The molecule has 0 saturated heterocycles. The van der Waals surface area contributed by atoms with Gasteiger partial charge >= 0.3 is 0 Å². The maximum absolute atomic E-state index is 12.4. The van der Waals surface area contributed by atoms with Crippen LogP contribution >= 0.6 is 0 Å². The summed E-state index contributed by atoms with van der Waals surface area (Å²) in [5, 5.41) is 0. The van der Waals surface area contributed by atoms with Crippen LogP contribution in [-0.4, -0.2) is 4.57 Å². The topological polar surface area (TPSA) is 56.1 Å². The highest BCUT2D eigenvalue weighted by molar-refractivity contribution is 5.96. The zero-order valence-electron chi connectivity index (χ0n) is 9.71. The average Bonchev–Trinajstić information content (AvgIpc) is 3.01. The van der Waals surface area contributed by atoms with Gasteiger partial charge in [-0.2, -0.15) is 0 Å². The lowest BCUT2D eigenvalue weighted by Crippen LogP contribution is -2.23. The fourth-order valence-electron chi connectivity index (χ4n) is 2.70. The van der Waals surface area contributed by atoms with Crippen molar-refractivity contribution in [2.24, 2.45) is 0 Å². The summed E-state index contributed by atoms with van der Waals surface area (Å²) in [7, 11) is 0. The SMILES string of the molecule is O=c1c2c3c(=O)n(-c4ccccc4)c(=O)c-3c1C=C2. The largest absolute Gasteiger partial charge is 0.289 e. The minimum Gasteiger partial charge on any atom is -0.289 e. The number of benzene rings is 1. The molecule has 4 heteroatoms. The number of hydrogen-bond donors (Lipinski definition) is 0. The molecule has 90 valence electrons. The molecule has 0 aromatic heterocycles. The summed E-state index contributed by atoms with van der Waals surface area (Å²) in [6.07, 6.45) is 3.21. The summed E-state index contributed by atoms with van der Waals surface area (Å²) in [6.45, 7) is 0. The second-order valence-corrected chi connectivity index (χ2v) is 4.52. The van der Waals surface area contributed by atoms with Gasteiger partial charge in [-0.1, -0.05) is 18.2 Å². The number of rotatable bonds is 1. The molecule has 0 unspecified atom stereocenters. The second-order valence-electron chi connectivity index (χ2n) is 4.52. The van der Waals surface area contributed by atoms with Gasteiger partial charge in [0.05, 0.1) is 16.8 Å². The number of aromatic nitrogens is 1. The van der Waals surface area contributed by atoms with Crippen LogP contribution in [0.1, 0.15) is 11.1 Å². The zero-order chi connectivity index (χ0) is 13.1. The Morgan fingerprint density at radius 2 is 1.26 bits per heavy atom. The van der Waals surface area contributed by atoms with Crippen molar-refractivity contribution in [2.75, 3.05) is 0 Å². The first kappa shape index (κ1) is 10.2. The summed E-state index contributed by atoms with van der Waals surface area (Å²) in [5.41, 5.74) is 0.721. The third kappa shape index (κ3) is 1.06. The Bertz CT molecular complexity index is 898. The summed E-state index contributed by atoms with van der Waals surface area (Å²) in [5.74, 6) is 0. The van der Waals surface area contributed by atoms with Crippen LogP contribution < -0.4 is 16.5 Å². The minimum atomic E-state index is -0.408. The lowest BCUT2D eigenvalue weighted by atomic mass is 10.1. The first-order valence-electron chi connectivity index (χ1n) is 5.85. The molecule has 3 aliphatic rings. The zero-order valence-corrected chi connectivity index (χ0v) is 9.71. The van der Waals surface area contributed by atoms with E-state index in [0.717, 1.165) is 4.57 Å². The van der Waals surface area contributed by atoms with E-state index in [-0.39, 0.29) is 16.6 Å². The number of nitrogens with zero attached hydrogens (tertiary/aromatic N) is 1. The molecule has 4 rings (SSSR count). The molecule has 1 heterocycles. The molecule has 0 atom stereocenters. The Morgan fingerprint density at radius 3 is 1.79 bits per heavy atom. The number of para-hydroxylation sites is 1. The Labute approximate surface area is 106 Å². The van der Waals surface area contributed by atoms with Crippen molar-refractivity contribution in [1.82, 2.24) is 4.57 Å². The highest BCUT2D eigenvalue weighted by Gasteiger charge is 2.32. The predicted octanol–water partition coefficient (Wildman–Crippen LogP) is 1.02. The molecule has 0 fully saturated rings. The highest BCUT2D eigenvalue weighted by atomic mass is 16.2. The quantitative estimate of drug-likeness (QED) is 0.506. The van der Waals surface area contributed by atoms with Gasteiger partial charge < -0.3 is 0 Å². The van der Waals surface area contributed by atoms with E-state index < -0.39 is 11.1 Å². The van der Waals surface area contributed by atoms with Crippen molar-refractivity contribution < 1.29 is 0 Å². The molecule has 2 aliphatic carbocycles. The van der Waals surface area contributed by atoms with E-state index in [0.29, 0.717) is 16.8 Å². The molecule has 0 radical (unpaired) electrons. The third-order valence-electron chi connectivity index (χ3n) is 3.54. The molecule has 0 N–H and O–H groups in total. The van der Waals surface area contributed by atoms with E-state index in [1.807, 2.05) is 6.07 Å². The normalized spacial score (nSPS) is 12.6. The van der Waals surface area contributed by atoms with E-state index in [1.165, 1.54) is 0 Å². The van der Waals surface area contributed by atoms with E-state index in [9.17, 15) is 14.4 Å². The average molecular weight is 249 g/mol. The number of fused-ring (bicyclic) bond motifs is 5. The van der Waals surface area contributed by atoms with Crippen molar-refractivity contribution in [3.05, 3.63) is 72.4 Å². The monoisotopic (exact) mass is 249 g/mol. The first-order valence-corrected chi connectivity index (χ1v) is 5.85. The Kier molecular flexibility index (Phi) is 1.70. The summed E-state index contributed by atoms with van der Waals surface area (Å²) in [4.78, 5) is 36.5. The van der Waals surface area contributed by atoms with Crippen LogP contribution in [0.4, 0.5) is 0 Å². The van der Waals surface area contributed by atoms with Crippen LogP contribution in [0.25, 0.3) is 29.0 Å². The summed E-state index contributed by atoms with van der Waals surface area (Å²) >= 11 is 0. The molecule has 1 aromatic carbocycles. The minimum absolute atomic E-state index is 0.209. The van der Waals surface area contributed by atoms with Gasteiger partial charge in [0.1, 0.15) is 0 Å². The van der Waals surface area contributed by atoms with Crippen LogP contribution in [0.15, 0.2) is 44.7 Å². The van der Waals surface area contributed by atoms with Gasteiger partial charge in [-0.05, 0) is 24.3 Å². The van der Waals surface area contributed by atoms with Crippen molar-refractivity contribution in [3.63, 3.8) is 0 Å². The molecule has 0 amide bonds. The number of hydrogen-bond acceptors (Lipinski definition) is 3. The molecule has 0 spiro atoms. The Balaban J connectivity index is 2.21. The van der Waals surface area contributed by atoms with Crippen LogP contribution in [0.5, 0.6) is 0 Å². The molecular weight excluding hydrogens is 242 g/mol. The van der Waals surface area contributed by atoms with Gasteiger partial charge in [0.25, 0.3) is 11.1 Å². The van der Waals surface area contributed by atoms with Gasteiger partial charge in [0, 0.05) is 11.1 Å². The third-order valence-corrected chi connectivity index (χ3v) is 3.54. The van der Waals surface area contributed by atoms with E-state index in [1.54, 1.807) is 36.4 Å².